The molecule has 0 heterocycles. The summed E-state index contributed by atoms with van der Waals surface area (Å²) in [5.74, 6) is 1.12. The number of halogens is 1. The molecule has 0 amide bonds. The topological polar surface area (TPSA) is 52.3 Å². The van der Waals surface area contributed by atoms with E-state index in [-0.39, 0.29) is 24.1 Å². The number of ketones is 1. The van der Waals surface area contributed by atoms with Crippen LogP contribution in [0.2, 0.25) is 0 Å². The molecule has 2 rings (SSSR count). The summed E-state index contributed by atoms with van der Waals surface area (Å²) in [7, 11) is 1.65. The van der Waals surface area contributed by atoms with Gasteiger partial charge in [-0.15, -0.1) is 12.4 Å². The lowest BCUT2D eigenvalue weighted by Gasteiger charge is -2.15. The van der Waals surface area contributed by atoms with Crippen LogP contribution in [0.4, 0.5) is 0 Å². The van der Waals surface area contributed by atoms with Crippen LogP contribution in [0.5, 0.6) is 0 Å². The summed E-state index contributed by atoms with van der Waals surface area (Å²) in [5, 5.41) is 0. The Morgan fingerprint density at radius 3 is 2.29 bits per heavy atom. The highest BCUT2D eigenvalue weighted by atomic mass is 35.5. The number of allylic oxidation sites excluding steroid dienone is 2. The fourth-order valence-corrected chi connectivity index (χ4v) is 3.30. The predicted octanol–water partition coefficient (Wildman–Crippen LogP) is 3.33. The Hall–Kier alpha value is -1.32. The van der Waals surface area contributed by atoms with E-state index in [0.29, 0.717) is 13.0 Å². The zero-order valence-corrected chi connectivity index (χ0v) is 14.0. The first-order valence-electron chi connectivity index (χ1n) is 7.09. The number of ether oxygens (including phenoxy) is 1. The maximum atomic E-state index is 12.4. The average molecular weight is 310 g/mol. The lowest BCUT2D eigenvalue weighted by Crippen LogP contribution is -2.09. The number of hydrogen-bond donors (Lipinski definition) is 1. The van der Waals surface area contributed by atoms with E-state index in [2.05, 4.69) is 32.9 Å². The van der Waals surface area contributed by atoms with Crippen molar-refractivity contribution in [2.75, 3.05) is 13.7 Å². The molecular formula is C17H24ClNO2. The van der Waals surface area contributed by atoms with Crippen LogP contribution in [0.1, 0.15) is 35.1 Å². The van der Waals surface area contributed by atoms with Crippen molar-refractivity contribution in [3.05, 3.63) is 40.1 Å². The Bertz CT molecular complexity index is 555. The fraction of sp³-hybridized carbons (Fsp3) is 0.471. The summed E-state index contributed by atoms with van der Waals surface area (Å²) < 4.78 is 5.56. The van der Waals surface area contributed by atoms with Gasteiger partial charge in [-0.05, 0) is 50.4 Å². The quantitative estimate of drug-likeness (QED) is 0.928. The molecule has 116 valence electrons. The summed E-state index contributed by atoms with van der Waals surface area (Å²) >= 11 is 0. The number of methoxy groups -OCH3 is 1. The van der Waals surface area contributed by atoms with Gasteiger partial charge in [0.1, 0.15) is 5.76 Å². The number of carbonyl (C=O) groups excluding carboxylic acids is 1. The summed E-state index contributed by atoms with van der Waals surface area (Å²) in [6.45, 7) is 6.76. The van der Waals surface area contributed by atoms with Crippen LogP contribution >= 0.6 is 12.4 Å². The minimum atomic E-state index is 0. The SMILES string of the molecule is COC1=C(c2c(C)cc(C)cc2C)C(=O)CC1CCN.Cl. The number of rotatable bonds is 4. The molecule has 0 bridgehead atoms. The average Bonchev–Trinajstić information content (AvgIpc) is 2.65. The molecule has 2 N–H and O–H groups in total. The Kier molecular flexibility index (Phi) is 5.99. The van der Waals surface area contributed by atoms with Crippen molar-refractivity contribution < 1.29 is 9.53 Å². The lowest BCUT2D eigenvalue weighted by molar-refractivity contribution is -0.113. The molecule has 1 atom stereocenters. The van der Waals surface area contributed by atoms with Crippen LogP contribution in [0.15, 0.2) is 17.9 Å². The van der Waals surface area contributed by atoms with Gasteiger partial charge in [-0.2, -0.15) is 0 Å². The van der Waals surface area contributed by atoms with E-state index in [1.165, 1.54) is 5.56 Å². The molecule has 4 heteroatoms. The number of aryl methyl sites for hydroxylation is 3. The van der Waals surface area contributed by atoms with Crippen molar-refractivity contribution in [2.45, 2.75) is 33.6 Å². The van der Waals surface area contributed by atoms with Gasteiger partial charge in [-0.1, -0.05) is 17.7 Å². The smallest absolute Gasteiger partial charge is 0.167 e. The Labute approximate surface area is 133 Å². The second-order valence-electron chi connectivity index (χ2n) is 5.62. The van der Waals surface area contributed by atoms with Gasteiger partial charge in [0.05, 0.1) is 12.7 Å². The standard InChI is InChI=1S/C17H23NO2.ClH/c1-10-7-11(2)15(12(3)8-10)16-14(19)9-13(5-6-18)17(16)20-4;/h7-8,13H,5-6,9,18H2,1-4H3;1H. The Morgan fingerprint density at radius 1 is 1.24 bits per heavy atom. The monoisotopic (exact) mass is 309 g/mol. The summed E-state index contributed by atoms with van der Waals surface area (Å²) in [6, 6.07) is 4.23. The second kappa shape index (κ2) is 7.10. The highest BCUT2D eigenvalue weighted by Crippen LogP contribution is 2.39. The molecule has 1 aliphatic carbocycles. The lowest BCUT2D eigenvalue weighted by atomic mass is 9.92. The highest BCUT2D eigenvalue weighted by Gasteiger charge is 2.34. The van der Waals surface area contributed by atoms with Crippen LogP contribution in [0.3, 0.4) is 0 Å². The van der Waals surface area contributed by atoms with E-state index in [4.69, 9.17) is 10.5 Å². The predicted molar refractivity (Wildman–Crippen MR) is 88.6 cm³/mol. The van der Waals surface area contributed by atoms with Gasteiger partial charge in [0.25, 0.3) is 0 Å². The van der Waals surface area contributed by atoms with E-state index in [1.807, 2.05) is 0 Å². The largest absolute Gasteiger partial charge is 0.500 e. The van der Waals surface area contributed by atoms with E-state index < -0.39 is 0 Å². The molecule has 0 saturated heterocycles. The molecule has 0 radical (unpaired) electrons. The highest BCUT2D eigenvalue weighted by molar-refractivity contribution is 6.24. The maximum Gasteiger partial charge on any atom is 0.167 e. The molecule has 1 aromatic rings. The van der Waals surface area contributed by atoms with Gasteiger partial charge in [0.15, 0.2) is 5.78 Å². The summed E-state index contributed by atoms with van der Waals surface area (Å²) in [4.78, 5) is 12.4. The molecule has 21 heavy (non-hydrogen) atoms. The molecular weight excluding hydrogens is 286 g/mol. The van der Waals surface area contributed by atoms with E-state index in [1.54, 1.807) is 7.11 Å². The zero-order chi connectivity index (χ0) is 14.9. The van der Waals surface area contributed by atoms with Crippen molar-refractivity contribution in [1.82, 2.24) is 0 Å². The zero-order valence-electron chi connectivity index (χ0n) is 13.2. The van der Waals surface area contributed by atoms with Crippen molar-refractivity contribution in [3.63, 3.8) is 0 Å². The molecule has 1 aromatic carbocycles. The van der Waals surface area contributed by atoms with Crippen molar-refractivity contribution in [2.24, 2.45) is 11.7 Å². The van der Waals surface area contributed by atoms with Crippen LogP contribution < -0.4 is 5.73 Å². The molecule has 0 spiro atoms. The minimum Gasteiger partial charge on any atom is -0.500 e. The van der Waals surface area contributed by atoms with Gasteiger partial charge in [-0.25, -0.2) is 0 Å². The van der Waals surface area contributed by atoms with Crippen molar-refractivity contribution in [1.29, 1.82) is 0 Å². The number of benzene rings is 1. The summed E-state index contributed by atoms with van der Waals surface area (Å²) in [5.41, 5.74) is 10.9. The molecule has 0 aromatic heterocycles. The minimum absolute atomic E-state index is 0. The fourth-order valence-electron chi connectivity index (χ4n) is 3.30. The van der Waals surface area contributed by atoms with E-state index in [0.717, 1.165) is 34.4 Å². The van der Waals surface area contributed by atoms with Crippen LogP contribution in [-0.4, -0.2) is 19.4 Å². The van der Waals surface area contributed by atoms with Gasteiger partial charge >= 0.3 is 0 Å². The Balaban J connectivity index is 0.00000220. The third-order valence-corrected chi connectivity index (χ3v) is 3.99. The van der Waals surface area contributed by atoms with Gasteiger partial charge in [-0.3, -0.25) is 4.79 Å². The summed E-state index contributed by atoms with van der Waals surface area (Å²) in [6.07, 6.45) is 1.31. The van der Waals surface area contributed by atoms with Gasteiger partial charge in [0, 0.05) is 12.3 Å². The van der Waals surface area contributed by atoms with Gasteiger partial charge < -0.3 is 10.5 Å². The molecule has 3 nitrogen and oxygen atoms in total. The maximum absolute atomic E-state index is 12.4. The molecule has 1 unspecified atom stereocenters. The number of hydrogen-bond acceptors (Lipinski definition) is 3. The second-order valence-corrected chi connectivity index (χ2v) is 5.62. The molecule has 0 saturated carbocycles. The van der Waals surface area contributed by atoms with Crippen molar-refractivity contribution in [3.8, 4) is 0 Å². The number of Topliss-reactive ketones (excluding diaryl/α,β-unsaturated/α-hetero) is 1. The van der Waals surface area contributed by atoms with Crippen LogP contribution in [0.25, 0.3) is 5.57 Å². The molecule has 0 aliphatic heterocycles. The third-order valence-electron chi connectivity index (χ3n) is 3.99. The molecule has 1 aliphatic rings. The third kappa shape index (κ3) is 3.30. The number of nitrogens with two attached hydrogens (primary N) is 1. The first-order chi connectivity index (χ1) is 9.49. The van der Waals surface area contributed by atoms with Crippen LogP contribution in [0, 0.1) is 26.7 Å². The normalized spacial score (nSPS) is 18.0. The number of carbonyl (C=O) groups is 1. The van der Waals surface area contributed by atoms with E-state index in [9.17, 15) is 4.79 Å². The Morgan fingerprint density at radius 2 is 1.81 bits per heavy atom. The van der Waals surface area contributed by atoms with E-state index >= 15 is 0 Å². The van der Waals surface area contributed by atoms with Crippen LogP contribution in [-0.2, 0) is 9.53 Å². The first-order valence-corrected chi connectivity index (χ1v) is 7.09. The van der Waals surface area contributed by atoms with Crippen molar-refractivity contribution >= 4 is 23.8 Å². The molecule has 0 fully saturated rings. The first kappa shape index (κ1) is 17.7. The van der Waals surface area contributed by atoms with Gasteiger partial charge in [0.2, 0.25) is 0 Å².